The first-order valence-corrected chi connectivity index (χ1v) is 2.24. The van der Waals surface area contributed by atoms with Gasteiger partial charge in [-0.05, 0) is 0 Å². The van der Waals surface area contributed by atoms with Gasteiger partial charge in [-0.2, -0.15) is 0 Å². The number of rotatable bonds is 0. The van der Waals surface area contributed by atoms with Crippen LogP contribution in [0.5, 0.6) is 0 Å². The minimum atomic E-state index is -5.14. The smallest absolute Gasteiger partial charge is 0.790 e. The maximum absolute atomic E-state index is 8.66. The van der Waals surface area contributed by atoms with Gasteiger partial charge < -0.3 is 79.5 Å². The molecule has 0 aliphatic heterocycles. The van der Waals surface area contributed by atoms with Crippen LogP contribution in [0.2, 0.25) is 0 Å². The van der Waals surface area contributed by atoms with E-state index < -0.39 is 7.82 Å². The van der Waals surface area contributed by atoms with Crippen LogP contribution >= 0.6 is 7.82 Å². The summed E-state index contributed by atoms with van der Waals surface area (Å²) in [6, 6.07) is 0. The van der Waals surface area contributed by atoms with Crippen molar-refractivity contribution in [1.29, 1.82) is 0 Å². The van der Waals surface area contributed by atoms with Crippen molar-refractivity contribution in [3.63, 3.8) is 0 Å². The molecule has 0 amide bonds. The Kier molecular flexibility index (Phi) is 1170. The van der Waals surface area contributed by atoms with Gasteiger partial charge in [-0.15, -0.1) is 0 Å². The van der Waals surface area contributed by atoms with Gasteiger partial charge in [-0.1, -0.05) is 0 Å². The van der Waals surface area contributed by atoms with Gasteiger partial charge in [0.15, 0.2) is 0 Å². The van der Waals surface area contributed by atoms with Crippen molar-refractivity contribution in [1.82, 2.24) is 0 Å². The number of hydrogen-bond donors (Lipinski definition) is 1. The minimum absolute atomic E-state index is 0. The van der Waals surface area contributed by atoms with Crippen molar-refractivity contribution in [3.8, 4) is 0 Å². The van der Waals surface area contributed by atoms with E-state index >= 15 is 0 Å². The zero-order valence-corrected chi connectivity index (χ0v) is 14.5. The molecular weight excluding hydrogens is 317 g/mol. The molecule has 0 aromatic rings. The molecule has 0 aliphatic rings. The van der Waals surface area contributed by atoms with E-state index in [4.69, 9.17) is 19.2 Å². The van der Waals surface area contributed by atoms with E-state index in [-0.39, 0.29) is 119 Å². The second-order valence-electron chi connectivity index (χ2n) is 0.469. The summed E-state index contributed by atoms with van der Waals surface area (Å²) in [6.07, 6.45) is 0. The Hall–Kier alpha value is 1.67. The minimum Gasteiger partial charge on any atom is -0.790 e. The summed E-state index contributed by atoms with van der Waals surface area (Å²) < 4.78 is 8.66. The molecule has 0 aliphatic carbocycles. The molecule has 0 spiro atoms. The number of hydrogen-bond acceptors (Lipinski definition) is 3. The van der Waals surface area contributed by atoms with Gasteiger partial charge in [0.2, 0.25) is 0 Å². The SMILES string of the molecule is O.O.O.O.O.O.O.O.O.O.O.O=P([O-])([O-])O.[Na+].[Na+]. The van der Waals surface area contributed by atoms with Gasteiger partial charge >= 0.3 is 59.1 Å². The maximum Gasteiger partial charge on any atom is 1.00 e. The standard InChI is InChI=1S/2Na.H3O4P.11H2O/c;;1-5(2,3)4;;;;;;;;;;;/h;;(H3,1,2,3,4);11*1H2/q2*+1;;;;;;;;;;;;/p-2. The molecule has 15 nitrogen and oxygen atoms in total. The zero-order valence-electron chi connectivity index (χ0n) is 9.62. The molecule has 0 bridgehead atoms. The quantitative estimate of drug-likeness (QED) is 0.331. The molecule has 0 unspecified atom stereocenters. The van der Waals surface area contributed by atoms with E-state index in [2.05, 4.69) is 0 Å². The van der Waals surface area contributed by atoms with Gasteiger partial charge in [-0.25, -0.2) is 0 Å². The normalized spacial score (nSPS) is 3.28. The third-order valence-electron chi connectivity index (χ3n) is 0. The van der Waals surface area contributed by atoms with Crippen LogP contribution in [0.15, 0.2) is 0 Å². The molecule has 0 aromatic heterocycles. The predicted octanol–water partition coefficient (Wildman–Crippen LogP) is -17.3. The summed E-state index contributed by atoms with van der Waals surface area (Å²) >= 11 is 0. The summed E-state index contributed by atoms with van der Waals surface area (Å²) in [6.45, 7) is 0. The Morgan fingerprint density at radius 2 is 0.556 bits per heavy atom. The van der Waals surface area contributed by atoms with Gasteiger partial charge in [0.1, 0.15) is 0 Å². The van der Waals surface area contributed by atoms with E-state index in [0.29, 0.717) is 0 Å². The van der Waals surface area contributed by atoms with Crippen LogP contribution < -0.4 is 68.9 Å². The molecule has 0 radical (unpaired) electrons. The molecule has 0 rings (SSSR count). The number of phosphoric acid groups is 1. The maximum atomic E-state index is 8.66. The topological polar surface area (TPSA) is 430 Å². The predicted molar refractivity (Wildman–Crippen MR) is 49.6 cm³/mol. The molecule has 120 valence electrons. The summed E-state index contributed by atoms with van der Waals surface area (Å²) in [5, 5.41) is 0. The third kappa shape index (κ3) is 1760. The molecule has 0 saturated heterocycles. The fourth-order valence-electron chi connectivity index (χ4n) is 0. The first-order chi connectivity index (χ1) is 2.00. The van der Waals surface area contributed by atoms with Gasteiger partial charge in [-0.3, -0.25) is 0 Å². The molecule has 0 heterocycles. The van der Waals surface area contributed by atoms with Crippen molar-refractivity contribution in [3.05, 3.63) is 0 Å². The van der Waals surface area contributed by atoms with Crippen molar-refractivity contribution in [2.24, 2.45) is 0 Å². The van der Waals surface area contributed by atoms with Crippen molar-refractivity contribution in [2.45, 2.75) is 0 Å². The van der Waals surface area contributed by atoms with Crippen LogP contribution in [0.4, 0.5) is 0 Å². The third-order valence-corrected chi connectivity index (χ3v) is 0. The second kappa shape index (κ2) is 99.1. The fraction of sp³-hybridized carbons (Fsp3) is 0. The van der Waals surface area contributed by atoms with Crippen molar-refractivity contribution in [2.75, 3.05) is 0 Å². The van der Waals surface area contributed by atoms with Crippen LogP contribution in [0.3, 0.4) is 0 Å². The van der Waals surface area contributed by atoms with Crippen LogP contribution in [0.25, 0.3) is 0 Å². The Balaban J connectivity index is -0.00000000103. The van der Waals surface area contributed by atoms with Gasteiger partial charge in [0.05, 0.1) is 7.82 Å². The molecule has 0 saturated carbocycles. The van der Waals surface area contributed by atoms with Gasteiger partial charge in [0, 0.05) is 0 Å². The van der Waals surface area contributed by atoms with Crippen LogP contribution in [0.1, 0.15) is 0 Å². The van der Waals surface area contributed by atoms with Crippen LogP contribution in [-0.2, 0) is 4.57 Å². The first kappa shape index (κ1) is 213. The van der Waals surface area contributed by atoms with E-state index in [9.17, 15) is 0 Å². The molecule has 23 N–H and O–H groups in total. The van der Waals surface area contributed by atoms with E-state index in [1.165, 1.54) is 0 Å². The monoisotopic (exact) mass is 340 g/mol. The van der Waals surface area contributed by atoms with E-state index in [0.717, 1.165) is 0 Å². The second-order valence-corrected chi connectivity index (χ2v) is 1.41. The molecule has 0 fully saturated rings. The summed E-state index contributed by atoms with van der Waals surface area (Å²) in [4.78, 5) is 24.3. The van der Waals surface area contributed by atoms with Crippen molar-refractivity contribution < 1.29 is 139 Å². The zero-order chi connectivity index (χ0) is 4.50. The van der Waals surface area contributed by atoms with E-state index in [1.807, 2.05) is 0 Å². The molecule has 18 heteroatoms. The Labute approximate surface area is 145 Å². The van der Waals surface area contributed by atoms with E-state index in [1.54, 1.807) is 0 Å². The van der Waals surface area contributed by atoms with Gasteiger partial charge in [0.25, 0.3) is 0 Å². The molecule has 0 aromatic carbocycles. The largest absolute Gasteiger partial charge is 1.00 e. The molecular formula is H23Na2O15P. The summed E-state index contributed by atoms with van der Waals surface area (Å²) in [5.41, 5.74) is 0. The van der Waals surface area contributed by atoms with Crippen LogP contribution in [-0.4, -0.2) is 65.1 Å². The first-order valence-electron chi connectivity index (χ1n) is 0.748. The fourth-order valence-corrected chi connectivity index (χ4v) is 0. The van der Waals surface area contributed by atoms with Crippen LogP contribution in [0, 0.1) is 0 Å². The summed E-state index contributed by atoms with van der Waals surface area (Å²) in [7, 11) is -5.14. The average molecular weight is 340 g/mol. The Bertz CT molecular complexity index is 60.6. The Morgan fingerprint density at radius 1 is 0.556 bits per heavy atom. The Morgan fingerprint density at radius 3 is 0.556 bits per heavy atom. The molecule has 0 atom stereocenters. The summed E-state index contributed by atoms with van der Waals surface area (Å²) in [5.74, 6) is 0. The molecule has 18 heavy (non-hydrogen) atoms. The average Bonchev–Trinajstić information content (AvgIpc) is 0.722. The van der Waals surface area contributed by atoms with Crippen molar-refractivity contribution >= 4 is 7.82 Å².